The van der Waals surface area contributed by atoms with Gasteiger partial charge in [0.2, 0.25) is 5.91 Å². The molecule has 2 heterocycles. The molecule has 3 aromatic rings. The fraction of sp³-hybridized carbons (Fsp3) is 0.304. The second-order valence-corrected chi connectivity index (χ2v) is 8.36. The number of methoxy groups -OCH3 is 1. The van der Waals surface area contributed by atoms with Crippen molar-refractivity contribution in [2.24, 2.45) is 5.92 Å². The van der Waals surface area contributed by atoms with E-state index in [0.29, 0.717) is 35.9 Å². The third-order valence-corrected chi connectivity index (χ3v) is 6.24. The van der Waals surface area contributed by atoms with Crippen LogP contribution in [0.5, 0.6) is 0 Å². The number of benzene rings is 2. The summed E-state index contributed by atoms with van der Waals surface area (Å²) in [5.41, 5.74) is 1.22. The number of esters is 1. The first kappa shape index (κ1) is 21.0. The Kier molecular flexibility index (Phi) is 6.27. The quantitative estimate of drug-likeness (QED) is 0.617. The van der Waals surface area contributed by atoms with Crippen LogP contribution in [0.25, 0.3) is 10.8 Å². The van der Waals surface area contributed by atoms with Crippen LogP contribution in [0.4, 0.5) is 5.13 Å². The lowest BCUT2D eigenvalue weighted by Gasteiger charge is -2.32. The predicted octanol–water partition coefficient (Wildman–Crippen LogP) is 3.50. The Bertz CT molecular complexity index is 1120. The van der Waals surface area contributed by atoms with Gasteiger partial charge in [-0.1, -0.05) is 36.4 Å². The molecule has 1 aromatic heterocycles. The number of carbonyl (C=O) groups excluding carboxylic acids is 3. The van der Waals surface area contributed by atoms with E-state index in [1.807, 2.05) is 42.5 Å². The van der Waals surface area contributed by atoms with Gasteiger partial charge in [0.1, 0.15) is 0 Å². The largest absolute Gasteiger partial charge is 0.469 e. The summed E-state index contributed by atoms with van der Waals surface area (Å²) < 4.78 is 4.64. The number of nitrogens with one attached hydrogen (secondary N) is 1. The maximum atomic E-state index is 13.2. The zero-order valence-electron chi connectivity index (χ0n) is 17.2. The summed E-state index contributed by atoms with van der Waals surface area (Å²) in [4.78, 5) is 43.4. The number of amides is 2. The average Bonchev–Trinajstić information content (AvgIpc) is 3.24. The Labute approximate surface area is 184 Å². The van der Waals surface area contributed by atoms with Crippen molar-refractivity contribution in [3.63, 3.8) is 0 Å². The first-order valence-corrected chi connectivity index (χ1v) is 11.0. The molecule has 1 unspecified atom stereocenters. The Hall–Kier alpha value is -3.26. The zero-order valence-corrected chi connectivity index (χ0v) is 18.0. The Morgan fingerprint density at radius 1 is 1.19 bits per heavy atom. The van der Waals surface area contributed by atoms with E-state index in [4.69, 9.17) is 0 Å². The van der Waals surface area contributed by atoms with Crippen molar-refractivity contribution in [1.82, 2.24) is 9.88 Å². The molecule has 0 bridgehead atoms. The molecule has 7 nitrogen and oxygen atoms in total. The lowest BCUT2D eigenvalue weighted by atomic mass is 9.95. The van der Waals surface area contributed by atoms with E-state index < -0.39 is 0 Å². The highest BCUT2D eigenvalue weighted by Gasteiger charge is 2.30. The van der Waals surface area contributed by atoms with Gasteiger partial charge in [-0.3, -0.25) is 14.4 Å². The third kappa shape index (κ3) is 4.74. The minimum absolute atomic E-state index is 0.0519. The number of fused-ring (bicyclic) bond motifs is 1. The minimum Gasteiger partial charge on any atom is -0.469 e. The van der Waals surface area contributed by atoms with Gasteiger partial charge >= 0.3 is 5.97 Å². The molecule has 1 fully saturated rings. The number of nitrogens with zero attached hydrogens (tertiary/aromatic N) is 2. The number of thiazole rings is 1. The molecule has 1 aliphatic rings. The van der Waals surface area contributed by atoms with Gasteiger partial charge in [-0.15, -0.1) is 11.3 Å². The molecule has 2 amide bonds. The van der Waals surface area contributed by atoms with Gasteiger partial charge in [0.05, 0.1) is 25.1 Å². The summed E-state index contributed by atoms with van der Waals surface area (Å²) in [5, 5.41) is 6.94. The van der Waals surface area contributed by atoms with Gasteiger partial charge in [-0.25, -0.2) is 4.98 Å². The second-order valence-electron chi connectivity index (χ2n) is 7.50. The predicted molar refractivity (Wildman–Crippen MR) is 119 cm³/mol. The molecule has 1 saturated heterocycles. The summed E-state index contributed by atoms with van der Waals surface area (Å²) in [5.74, 6) is -0.892. The molecule has 31 heavy (non-hydrogen) atoms. The van der Waals surface area contributed by atoms with Crippen LogP contribution >= 0.6 is 11.3 Å². The molecule has 1 aliphatic heterocycles. The van der Waals surface area contributed by atoms with Crippen molar-refractivity contribution >= 4 is 45.0 Å². The summed E-state index contributed by atoms with van der Waals surface area (Å²) in [7, 11) is 1.33. The van der Waals surface area contributed by atoms with Crippen LogP contribution in [0, 0.1) is 5.92 Å². The average molecular weight is 438 g/mol. The summed E-state index contributed by atoms with van der Waals surface area (Å²) in [6.45, 7) is 1.00. The number of carbonyl (C=O) groups is 3. The first-order valence-electron chi connectivity index (χ1n) is 10.1. The molecule has 160 valence electrons. The molecule has 4 rings (SSSR count). The fourth-order valence-corrected chi connectivity index (χ4v) is 4.54. The van der Waals surface area contributed by atoms with E-state index in [1.54, 1.807) is 10.3 Å². The zero-order chi connectivity index (χ0) is 21.8. The monoisotopic (exact) mass is 437 g/mol. The number of anilines is 1. The fourth-order valence-electron chi connectivity index (χ4n) is 3.83. The molecule has 0 saturated carbocycles. The minimum atomic E-state index is -0.377. The van der Waals surface area contributed by atoms with E-state index in [0.717, 1.165) is 17.2 Å². The van der Waals surface area contributed by atoms with Crippen molar-refractivity contribution in [2.45, 2.75) is 19.3 Å². The van der Waals surface area contributed by atoms with Crippen molar-refractivity contribution in [3.8, 4) is 0 Å². The van der Waals surface area contributed by atoms with E-state index in [9.17, 15) is 14.4 Å². The Morgan fingerprint density at radius 3 is 2.84 bits per heavy atom. The first-order chi connectivity index (χ1) is 15.0. The Balaban J connectivity index is 1.43. The van der Waals surface area contributed by atoms with Crippen LogP contribution in [0.2, 0.25) is 0 Å². The number of piperidine rings is 1. The van der Waals surface area contributed by atoms with Crippen molar-refractivity contribution in [2.75, 3.05) is 25.5 Å². The van der Waals surface area contributed by atoms with Gasteiger partial charge in [-0.2, -0.15) is 0 Å². The number of hydrogen-bond acceptors (Lipinski definition) is 6. The van der Waals surface area contributed by atoms with Gasteiger partial charge in [0, 0.05) is 24.0 Å². The molecule has 0 aliphatic carbocycles. The maximum absolute atomic E-state index is 13.2. The second kappa shape index (κ2) is 9.26. The number of likely N-dealkylation sites (tertiary alicyclic amines) is 1. The van der Waals surface area contributed by atoms with E-state index >= 15 is 0 Å². The Morgan fingerprint density at radius 2 is 2.00 bits per heavy atom. The van der Waals surface area contributed by atoms with Gasteiger partial charge in [0.15, 0.2) is 5.13 Å². The molecule has 8 heteroatoms. The molecular weight excluding hydrogens is 414 g/mol. The van der Waals surface area contributed by atoms with Crippen LogP contribution in [-0.4, -0.2) is 47.9 Å². The van der Waals surface area contributed by atoms with Crippen LogP contribution in [0.3, 0.4) is 0 Å². The van der Waals surface area contributed by atoms with E-state index in [1.165, 1.54) is 18.4 Å². The molecule has 1 N–H and O–H groups in total. The van der Waals surface area contributed by atoms with E-state index in [-0.39, 0.29) is 30.1 Å². The lowest BCUT2D eigenvalue weighted by molar-refractivity contribution is -0.139. The standard InChI is InChI=1S/C23H23N3O4S/c1-30-20(27)12-17-14-31-23(24-17)25-21(28)16-8-5-11-26(13-16)22(29)19-10-4-7-15-6-2-3-9-18(15)19/h2-4,6-7,9-10,14,16H,5,8,11-13H2,1H3,(H,24,25,28). The number of ether oxygens (including phenoxy) is 1. The smallest absolute Gasteiger partial charge is 0.311 e. The maximum Gasteiger partial charge on any atom is 0.311 e. The van der Waals surface area contributed by atoms with Gasteiger partial charge in [0.25, 0.3) is 5.91 Å². The summed E-state index contributed by atoms with van der Waals surface area (Å²) in [6.07, 6.45) is 1.55. The highest BCUT2D eigenvalue weighted by molar-refractivity contribution is 7.13. The topological polar surface area (TPSA) is 88.6 Å². The van der Waals surface area contributed by atoms with Gasteiger partial charge < -0.3 is 15.0 Å². The van der Waals surface area contributed by atoms with Crippen LogP contribution in [-0.2, 0) is 20.7 Å². The highest BCUT2D eigenvalue weighted by atomic mass is 32.1. The molecular formula is C23H23N3O4S. The molecule has 0 spiro atoms. The summed E-state index contributed by atoms with van der Waals surface area (Å²) in [6, 6.07) is 13.5. The summed E-state index contributed by atoms with van der Waals surface area (Å²) >= 11 is 1.27. The SMILES string of the molecule is COC(=O)Cc1csc(NC(=O)C2CCCN(C(=O)c3cccc4ccccc34)C2)n1. The molecule has 2 aromatic carbocycles. The molecule has 0 radical (unpaired) electrons. The van der Waals surface area contributed by atoms with Crippen LogP contribution in [0.15, 0.2) is 47.8 Å². The third-order valence-electron chi connectivity index (χ3n) is 5.43. The van der Waals surface area contributed by atoms with Crippen molar-refractivity contribution < 1.29 is 19.1 Å². The van der Waals surface area contributed by atoms with Crippen LogP contribution in [0.1, 0.15) is 28.9 Å². The normalized spacial score (nSPS) is 16.2. The lowest BCUT2D eigenvalue weighted by Crippen LogP contribution is -2.43. The highest BCUT2D eigenvalue weighted by Crippen LogP contribution is 2.25. The van der Waals surface area contributed by atoms with Gasteiger partial charge in [-0.05, 0) is 29.7 Å². The van der Waals surface area contributed by atoms with Crippen molar-refractivity contribution in [3.05, 3.63) is 59.1 Å². The molecule has 1 atom stereocenters. The van der Waals surface area contributed by atoms with Crippen LogP contribution < -0.4 is 5.32 Å². The number of rotatable bonds is 5. The van der Waals surface area contributed by atoms with Crippen molar-refractivity contribution in [1.29, 1.82) is 0 Å². The number of aromatic nitrogens is 1. The van der Waals surface area contributed by atoms with E-state index in [2.05, 4.69) is 15.0 Å². The number of hydrogen-bond donors (Lipinski definition) is 1.